The highest BCUT2D eigenvalue weighted by molar-refractivity contribution is 5.72. The van der Waals surface area contributed by atoms with Crippen LogP contribution in [-0.2, 0) is 0 Å². The molecule has 3 rings (SSSR count). The van der Waals surface area contributed by atoms with Crippen LogP contribution in [0.4, 0.5) is 4.39 Å². The lowest BCUT2D eigenvalue weighted by molar-refractivity contribution is 0.110. The highest BCUT2D eigenvalue weighted by atomic mass is 19.1. The second-order valence-corrected chi connectivity index (χ2v) is 3.92. The van der Waals surface area contributed by atoms with E-state index >= 15 is 0 Å². The fourth-order valence-electron chi connectivity index (χ4n) is 1.81. The zero-order valence-corrected chi connectivity index (χ0v) is 9.79. The van der Waals surface area contributed by atoms with Gasteiger partial charge in [0.1, 0.15) is 5.76 Å². The van der Waals surface area contributed by atoms with Crippen molar-refractivity contribution in [2.45, 2.75) is 0 Å². The number of furan rings is 1. The quantitative estimate of drug-likeness (QED) is 0.676. The first-order chi connectivity index (χ1) is 9.29. The molecule has 0 fully saturated rings. The molecule has 19 heavy (non-hydrogen) atoms. The predicted octanol–water partition coefficient (Wildman–Crippen LogP) is 3.08. The van der Waals surface area contributed by atoms with Crippen LogP contribution in [0, 0.1) is 5.95 Å². The van der Waals surface area contributed by atoms with E-state index in [1.165, 1.54) is 16.9 Å². The third-order valence-electron chi connectivity index (χ3n) is 2.72. The Bertz CT molecular complexity index is 716. The van der Waals surface area contributed by atoms with Crippen LogP contribution >= 0.6 is 0 Å². The minimum atomic E-state index is -0.530. The van der Waals surface area contributed by atoms with E-state index in [2.05, 4.69) is 5.10 Å². The Hall–Kier alpha value is -2.69. The molecule has 0 aliphatic carbocycles. The van der Waals surface area contributed by atoms with Gasteiger partial charge in [0, 0.05) is 0 Å². The van der Waals surface area contributed by atoms with Gasteiger partial charge in [-0.05, 0) is 24.3 Å². The number of hydrogen-bond acceptors (Lipinski definition) is 3. The summed E-state index contributed by atoms with van der Waals surface area (Å²) in [6, 6.07) is 12.0. The van der Waals surface area contributed by atoms with Crippen LogP contribution in [0.15, 0.2) is 53.1 Å². The van der Waals surface area contributed by atoms with Gasteiger partial charge in [-0.15, -0.1) is 0 Å². The highest BCUT2D eigenvalue weighted by Gasteiger charge is 2.16. The Morgan fingerprint density at radius 1 is 1.16 bits per heavy atom. The molecule has 2 aromatic heterocycles. The Morgan fingerprint density at radius 3 is 2.63 bits per heavy atom. The number of para-hydroxylation sites is 1. The van der Waals surface area contributed by atoms with Crippen molar-refractivity contribution in [1.29, 1.82) is 0 Å². The van der Waals surface area contributed by atoms with E-state index in [0.717, 1.165) is 0 Å². The smallest absolute Gasteiger partial charge is 0.227 e. The maximum Gasteiger partial charge on any atom is 0.227 e. The van der Waals surface area contributed by atoms with Crippen LogP contribution in [0.2, 0.25) is 0 Å². The van der Waals surface area contributed by atoms with Crippen LogP contribution in [0.1, 0.15) is 10.6 Å². The summed E-state index contributed by atoms with van der Waals surface area (Å²) >= 11 is 0. The Morgan fingerprint density at radius 2 is 1.95 bits per heavy atom. The van der Waals surface area contributed by atoms with E-state index in [1.54, 1.807) is 30.3 Å². The molecule has 3 aromatic rings. The summed E-state index contributed by atoms with van der Waals surface area (Å²) in [4.78, 5) is 10.6. The molecule has 0 aliphatic rings. The van der Waals surface area contributed by atoms with E-state index in [1.807, 2.05) is 6.07 Å². The number of carbonyl (C=O) groups is 1. The number of benzene rings is 1. The topological polar surface area (TPSA) is 48.0 Å². The maximum atomic E-state index is 14.3. The molecule has 4 nitrogen and oxygen atoms in total. The predicted molar refractivity (Wildman–Crippen MR) is 66.6 cm³/mol. The SMILES string of the molecule is O=Cc1ccc(-c2cnn(-c3ccccc3)c2F)o1. The van der Waals surface area contributed by atoms with Gasteiger partial charge in [0.2, 0.25) is 5.95 Å². The molecule has 0 radical (unpaired) electrons. The van der Waals surface area contributed by atoms with Gasteiger partial charge >= 0.3 is 0 Å². The third kappa shape index (κ3) is 1.95. The van der Waals surface area contributed by atoms with Gasteiger partial charge in [0.05, 0.1) is 17.4 Å². The Labute approximate surface area is 108 Å². The molecule has 94 valence electrons. The van der Waals surface area contributed by atoms with Crippen molar-refractivity contribution in [2.75, 3.05) is 0 Å². The zero-order valence-electron chi connectivity index (χ0n) is 9.79. The molecule has 0 saturated carbocycles. The first kappa shape index (κ1) is 11.4. The number of hydrogen-bond donors (Lipinski definition) is 0. The van der Waals surface area contributed by atoms with Crippen LogP contribution < -0.4 is 0 Å². The lowest BCUT2D eigenvalue weighted by atomic mass is 10.2. The molecule has 0 N–H and O–H groups in total. The summed E-state index contributed by atoms with van der Waals surface area (Å²) in [7, 11) is 0. The van der Waals surface area contributed by atoms with Crippen molar-refractivity contribution < 1.29 is 13.6 Å². The summed E-state index contributed by atoms with van der Waals surface area (Å²) in [6.07, 6.45) is 1.94. The van der Waals surface area contributed by atoms with Crippen LogP contribution in [-0.4, -0.2) is 16.1 Å². The molecule has 0 amide bonds. The van der Waals surface area contributed by atoms with E-state index in [-0.39, 0.29) is 17.1 Å². The molecule has 0 saturated heterocycles. The zero-order chi connectivity index (χ0) is 13.2. The summed E-state index contributed by atoms with van der Waals surface area (Å²) in [5.41, 5.74) is 0.838. The standard InChI is InChI=1S/C14H9FN2O2/c15-14-12(13-7-6-11(9-18)19-13)8-16-17(14)10-4-2-1-3-5-10/h1-9H. The molecular formula is C14H9FN2O2. The lowest BCUT2D eigenvalue weighted by Crippen LogP contribution is -1.99. The van der Waals surface area contributed by atoms with Gasteiger partial charge < -0.3 is 4.42 Å². The molecule has 0 atom stereocenters. The van der Waals surface area contributed by atoms with E-state index in [0.29, 0.717) is 12.0 Å². The van der Waals surface area contributed by atoms with Crippen molar-refractivity contribution in [1.82, 2.24) is 9.78 Å². The summed E-state index contributed by atoms with van der Waals surface area (Å²) in [5, 5.41) is 3.99. The second kappa shape index (κ2) is 4.53. The summed E-state index contributed by atoms with van der Waals surface area (Å²) < 4.78 is 20.6. The number of carbonyl (C=O) groups excluding carboxylic acids is 1. The molecule has 0 aliphatic heterocycles. The Balaban J connectivity index is 2.06. The number of aromatic nitrogens is 2. The maximum absolute atomic E-state index is 14.3. The largest absolute Gasteiger partial charge is 0.453 e. The molecule has 5 heteroatoms. The number of aldehydes is 1. The molecule has 0 spiro atoms. The van der Waals surface area contributed by atoms with Crippen molar-refractivity contribution in [3.05, 3.63) is 60.4 Å². The average Bonchev–Trinajstić information content (AvgIpc) is 3.06. The monoisotopic (exact) mass is 256 g/mol. The van der Waals surface area contributed by atoms with Gasteiger partial charge in [-0.3, -0.25) is 4.79 Å². The van der Waals surface area contributed by atoms with Gasteiger partial charge in [-0.1, -0.05) is 18.2 Å². The summed E-state index contributed by atoms with van der Waals surface area (Å²) in [5.74, 6) is -0.0957. The number of halogens is 1. The minimum absolute atomic E-state index is 0.155. The number of nitrogens with zero attached hydrogens (tertiary/aromatic N) is 2. The molecular weight excluding hydrogens is 247 g/mol. The van der Waals surface area contributed by atoms with E-state index < -0.39 is 5.95 Å². The first-order valence-electron chi connectivity index (χ1n) is 5.64. The third-order valence-corrected chi connectivity index (χ3v) is 2.72. The Kier molecular flexibility index (Phi) is 2.72. The van der Waals surface area contributed by atoms with Gasteiger partial charge in [0.25, 0.3) is 0 Å². The van der Waals surface area contributed by atoms with Gasteiger partial charge in [-0.25, -0.2) is 4.68 Å². The minimum Gasteiger partial charge on any atom is -0.453 e. The highest BCUT2D eigenvalue weighted by Crippen LogP contribution is 2.25. The summed E-state index contributed by atoms with van der Waals surface area (Å²) in [6.45, 7) is 0. The van der Waals surface area contributed by atoms with Crippen molar-refractivity contribution >= 4 is 6.29 Å². The first-order valence-corrected chi connectivity index (χ1v) is 5.64. The fourth-order valence-corrected chi connectivity index (χ4v) is 1.81. The normalized spacial score (nSPS) is 10.6. The fraction of sp³-hybridized carbons (Fsp3) is 0. The molecule has 1 aromatic carbocycles. The molecule has 2 heterocycles. The average molecular weight is 256 g/mol. The molecule has 0 bridgehead atoms. The van der Waals surface area contributed by atoms with Crippen LogP contribution in [0.5, 0.6) is 0 Å². The van der Waals surface area contributed by atoms with Crippen molar-refractivity contribution in [3.8, 4) is 17.0 Å². The number of rotatable bonds is 3. The van der Waals surface area contributed by atoms with Gasteiger partial charge in [0.15, 0.2) is 12.0 Å². The second-order valence-electron chi connectivity index (χ2n) is 3.92. The van der Waals surface area contributed by atoms with Crippen LogP contribution in [0.25, 0.3) is 17.0 Å². The van der Waals surface area contributed by atoms with Crippen molar-refractivity contribution in [3.63, 3.8) is 0 Å². The van der Waals surface area contributed by atoms with E-state index in [4.69, 9.17) is 4.42 Å². The van der Waals surface area contributed by atoms with Gasteiger partial charge in [-0.2, -0.15) is 9.49 Å². The van der Waals surface area contributed by atoms with E-state index in [9.17, 15) is 9.18 Å². The van der Waals surface area contributed by atoms with Crippen LogP contribution in [0.3, 0.4) is 0 Å². The lowest BCUT2D eigenvalue weighted by Gasteiger charge is -2.01. The van der Waals surface area contributed by atoms with Crippen molar-refractivity contribution in [2.24, 2.45) is 0 Å². The molecule has 0 unspecified atom stereocenters.